The molecule has 0 unspecified atom stereocenters. The van der Waals surface area contributed by atoms with Crippen LogP contribution in [-0.2, 0) is 20.9 Å². The molecule has 4 N–H and O–H groups in total. The van der Waals surface area contributed by atoms with Crippen LogP contribution in [0.2, 0.25) is 0 Å². The van der Waals surface area contributed by atoms with Crippen molar-refractivity contribution in [2.24, 2.45) is 11.7 Å². The van der Waals surface area contributed by atoms with Crippen molar-refractivity contribution in [3.8, 4) is 0 Å². The number of rotatable bonds is 8. The van der Waals surface area contributed by atoms with Gasteiger partial charge in [-0.2, -0.15) is 0 Å². The Morgan fingerprint density at radius 1 is 1.30 bits per heavy atom. The van der Waals surface area contributed by atoms with E-state index < -0.39 is 6.04 Å². The van der Waals surface area contributed by atoms with Gasteiger partial charge in [-0.25, -0.2) is 0 Å². The second kappa shape index (κ2) is 9.26. The monoisotopic (exact) mass is 340 g/mol. The van der Waals surface area contributed by atoms with Crippen LogP contribution in [0.25, 0.3) is 0 Å². The molecule has 1 heterocycles. The number of thiophene rings is 1. The number of carbonyl (C=O) groups is 3. The van der Waals surface area contributed by atoms with Crippen LogP contribution in [0.5, 0.6) is 0 Å². The first-order chi connectivity index (χ1) is 10.8. The van der Waals surface area contributed by atoms with Gasteiger partial charge in [0.05, 0.1) is 25.7 Å². The van der Waals surface area contributed by atoms with Crippen molar-refractivity contribution in [3.05, 3.63) is 22.4 Å². The highest BCUT2D eigenvalue weighted by Crippen LogP contribution is 2.07. The van der Waals surface area contributed by atoms with Gasteiger partial charge in [0.2, 0.25) is 17.7 Å². The van der Waals surface area contributed by atoms with E-state index in [1.165, 1.54) is 11.9 Å². The summed E-state index contributed by atoms with van der Waals surface area (Å²) in [6.07, 6.45) is 0. The van der Waals surface area contributed by atoms with Gasteiger partial charge in [-0.15, -0.1) is 11.3 Å². The van der Waals surface area contributed by atoms with Gasteiger partial charge in [0.25, 0.3) is 0 Å². The molecule has 7 nitrogen and oxygen atoms in total. The maximum Gasteiger partial charge on any atom is 0.242 e. The third-order valence-electron chi connectivity index (χ3n) is 3.28. The Labute approximate surface area is 140 Å². The molecule has 0 aliphatic rings. The standard InChI is InChI=1S/C15H24N4O3S/c1-10(2)14(16)15(22)18-8-13(21)19(3)9-12(20)17-7-11-5-4-6-23-11/h4-6,10,14H,7-9,16H2,1-3H3,(H,17,20)(H,18,22)/t14-/m0/s1. The van der Waals surface area contributed by atoms with Gasteiger partial charge in [-0.05, 0) is 17.4 Å². The lowest BCUT2D eigenvalue weighted by molar-refractivity contribution is -0.135. The number of hydrogen-bond acceptors (Lipinski definition) is 5. The molecule has 0 aliphatic heterocycles. The number of nitrogens with zero attached hydrogens (tertiary/aromatic N) is 1. The van der Waals surface area contributed by atoms with Crippen molar-refractivity contribution in [1.82, 2.24) is 15.5 Å². The lowest BCUT2D eigenvalue weighted by Gasteiger charge is -2.19. The van der Waals surface area contributed by atoms with E-state index in [0.717, 1.165) is 4.88 Å². The van der Waals surface area contributed by atoms with E-state index in [1.54, 1.807) is 11.3 Å². The maximum atomic E-state index is 11.9. The van der Waals surface area contributed by atoms with Crippen molar-refractivity contribution in [3.63, 3.8) is 0 Å². The van der Waals surface area contributed by atoms with Crippen molar-refractivity contribution < 1.29 is 14.4 Å². The van der Waals surface area contributed by atoms with Crippen LogP contribution in [-0.4, -0.2) is 48.8 Å². The fourth-order valence-corrected chi connectivity index (χ4v) is 2.32. The van der Waals surface area contributed by atoms with Gasteiger partial charge in [-0.3, -0.25) is 14.4 Å². The Bertz CT molecular complexity index is 531. The molecule has 1 aromatic heterocycles. The average molecular weight is 340 g/mol. The molecule has 0 bridgehead atoms. The second-order valence-electron chi connectivity index (χ2n) is 5.59. The number of likely N-dealkylation sites (N-methyl/N-ethyl adjacent to an activating group) is 1. The van der Waals surface area contributed by atoms with Gasteiger partial charge >= 0.3 is 0 Å². The minimum Gasteiger partial charge on any atom is -0.350 e. The molecule has 1 atom stereocenters. The summed E-state index contributed by atoms with van der Waals surface area (Å²) in [4.78, 5) is 37.7. The summed E-state index contributed by atoms with van der Waals surface area (Å²) in [7, 11) is 1.52. The predicted molar refractivity (Wildman–Crippen MR) is 89.6 cm³/mol. The highest BCUT2D eigenvalue weighted by molar-refractivity contribution is 7.09. The van der Waals surface area contributed by atoms with Crippen LogP contribution < -0.4 is 16.4 Å². The third-order valence-corrected chi connectivity index (χ3v) is 4.16. The number of hydrogen-bond donors (Lipinski definition) is 3. The van der Waals surface area contributed by atoms with Gasteiger partial charge < -0.3 is 21.3 Å². The summed E-state index contributed by atoms with van der Waals surface area (Å²) in [5.41, 5.74) is 5.69. The van der Waals surface area contributed by atoms with Crippen LogP contribution in [0.15, 0.2) is 17.5 Å². The fourth-order valence-electron chi connectivity index (χ4n) is 1.68. The summed E-state index contributed by atoms with van der Waals surface area (Å²) < 4.78 is 0. The molecule has 0 saturated heterocycles. The first kappa shape index (κ1) is 19.1. The lowest BCUT2D eigenvalue weighted by Crippen LogP contribution is -2.48. The smallest absolute Gasteiger partial charge is 0.242 e. The predicted octanol–water partition coefficient (Wildman–Crippen LogP) is -0.0778. The van der Waals surface area contributed by atoms with Gasteiger partial charge in [-0.1, -0.05) is 19.9 Å². The minimum atomic E-state index is -0.651. The van der Waals surface area contributed by atoms with Gasteiger partial charge in [0.1, 0.15) is 0 Å². The normalized spacial score (nSPS) is 11.9. The number of nitrogens with two attached hydrogens (primary N) is 1. The first-order valence-electron chi connectivity index (χ1n) is 7.37. The highest BCUT2D eigenvalue weighted by atomic mass is 32.1. The van der Waals surface area contributed by atoms with Crippen molar-refractivity contribution in [1.29, 1.82) is 0 Å². The summed E-state index contributed by atoms with van der Waals surface area (Å²) in [6.45, 7) is 3.87. The van der Waals surface area contributed by atoms with E-state index in [1.807, 2.05) is 31.4 Å². The molecule has 8 heteroatoms. The molecule has 23 heavy (non-hydrogen) atoms. The van der Waals surface area contributed by atoms with E-state index >= 15 is 0 Å². The summed E-state index contributed by atoms with van der Waals surface area (Å²) in [5.74, 6) is -0.977. The SMILES string of the molecule is CC(C)[C@H](N)C(=O)NCC(=O)N(C)CC(=O)NCc1cccs1. The zero-order valence-electron chi connectivity index (χ0n) is 13.7. The zero-order chi connectivity index (χ0) is 17.4. The molecule has 0 aromatic carbocycles. The Morgan fingerprint density at radius 2 is 2.00 bits per heavy atom. The van der Waals surface area contributed by atoms with E-state index in [9.17, 15) is 14.4 Å². The molecule has 0 fully saturated rings. The Kier molecular flexibility index (Phi) is 7.70. The molecule has 1 rings (SSSR count). The molecule has 0 saturated carbocycles. The quantitative estimate of drug-likeness (QED) is 0.616. The van der Waals surface area contributed by atoms with Crippen LogP contribution in [0.3, 0.4) is 0 Å². The maximum absolute atomic E-state index is 11.9. The number of amides is 3. The Balaban J connectivity index is 2.30. The van der Waals surface area contributed by atoms with E-state index in [2.05, 4.69) is 10.6 Å². The van der Waals surface area contributed by atoms with E-state index in [4.69, 9.17) is 5.73 Å². The van der Waals surface area contributed by atoms with E-state index in [0.29, 0.717) is 6.54 Å². The Hall–Kier alpha value is -1.93. The molecule has 1 aromatic rings. The van der Waals surface area contributed by atoms with Crippen LogP contribution >= 0.6 is 11.3 Å². The van der Waals surface area contributed by atoms with Crippen molar-refractivity contribution >= 4 is 29.1 Å². The lowest BCUT2D eigenvalue weighted by atomic mass is 10.1. The number of nitrogens with one attached hydrogen (secondary N) is 2. The van der Waals surface area contributed by atoms with Crippen LogP contribution in [0, 0.1) is 5.92 Å². The first-order valence-corrected chi connectivity index (χ1v) is 8.25. The topological polar surface area (TPSA) is 105 Å². The largest absolute Gasteiger partial charge is 0.350 e. The molecular weight excluding hydrogens is 316 g/mol. The molecule has 0 radical (unpaired) electrons. The fraction of sp³-hybridized carbons (Fsp3) is 0.533. The molecule has 0 spiro atoms. The molecule has 128 valence electrons. The number of carbonyl (C=O) groups excluding carboxylic acids is 3. The summed E-state index contributed by atoms with van der Waals surface area (Å²) >= 11 is 1.55. The average Bonchev–Trinajstić information content (AvgIpc) is 3.02. The zero-order valence-corrected chi connectivity index (χ0v) is 14.5. The van der Waals surface area contributed by atoms with Crippen molar-refractivity contribution in [2.45, 2.75) is 26.4 Å². The third kappa shape index (κ3) is 6.79. The van der Waals surface area contributed by atoms with Gasteiger partial charge in [0.15, 0.2) is 0 Å². The highest BCUT2D eigenvalue weighted by Gasteiger charge is 2.19. The van der Waals surface area contributed by atoms with Crippen LogP contribution in [0.1, 0.15) is 18.7 Å². The molecule has 3 amide bonds. The van der Waals surface area contributed by atoms with Gasteiger partial charge in [0, 0.05) is 11.9 Å². The van der Waals surface area contributed by atoms with Crippen LogP contribution in [0.4, 0.5) is 0 Å². The summed E-state index contributed by atoms with van der Waals surface area (Å²) in [6, 6.07) is 3.18. The van der Waals surface area contributed by atoms with E-state index in [-0.39, 0.29) is 36.7 Å². The minimum absolute atomic E-state index is 0.00846. The van der Waals surface area contributed by atoms with Crippen molar-refractivity contribution in [2.75, 3.05) is 20.1 Å². The molecular formula is C15H24N4O3S. The molecule has 0 aliphatic carbocycles. The second-order valence-corrected chi connectivity index (χ2v) is 6.63. The Morgan fingerprint density at radius 3 is 2.57 bits per heavy atom. The summed E-state index contributed by atoms with van der Waals surface area (Å²) in [5, 5.41) is 7.16.